The number of hydrogen-bond acceptors (Lipinski definition) is 1. The first-order chi connectivity index (χ1) is 7.43. The van der Waals surface area contributed by atoms with Crippen LogP contribution in [0.4, 0.5) is 0 Å². The first kappa shape index (κ1) is 11.5. The SMILES string of the molecule is CC(C)(C)n1cc(CO)c2ccc(Cl)cc21. The molecule has 1 aromatic carbocycles. The van der Waals surface area contributed by atoms with Gasteiger partial charge in [0.05, 0.1) is 12.1 Å². The molecule has 0 fully saturated rings. The van der Waals surface area contributed by atoms with Gasteiger partial charge in [-0.2, -0.15) is 0 Å². The number of aliphatic hydroxyl groups excluding tert-OH is 1. The van der Waals surface area contributed by atoms with Gasteiger partial charge in [0, 0.05) is 27.7 Å². The summed E-state index contributed by atoms with van der Waals surface area (Å²) in [6, 6.07) is 5.77. The van der Waals surface area contributed by atoms with Crippen molar-refractivity contribution in [1.29, 1.82) is 0 Å². The fraction of sp³-hybridized carbons (Fsp3) is 0.385. The van der Waals surface area contributed by atoms with Gasteiger partial charge in [-0.1, -0.05) is 17.7 Å². The lowest BCUT2D eigenvalue weighted by Crippen LogP contribution is -2.20. The van der Waals surface area contributed by atoms with Crippen LogP contribution in [0, 0.1) is 0 Å². The summed E-state index contributed by atoms with van der Waals surface area (Å²) in [5.41, 5.74) is 2.00. The zero-order valence-corrected chi connectivity index (χ0v) is 10.5. The van der Waals surface area contributed by atoms with Crippen LogP contribution in [-0.2, 0) is 12.1 Å². The monoisotopic (exact) mass is 237 g/mol. The largest absolute Gasteiger partial charge is 0.392 e. The molecule has 0 aliphatic heterocycles. The van der Waals surface area contributed by atoms with Gasteiger partial charge in [0.2, 0.25) is 0 Å². The van der Waals surface area contributed by atoms with Gasteiger partial charge in [-0.15, -0.1) is 0 Å². The smallest absolute Gasteiger partial charge is 0.0702 e. The van der Waals surface area contributed by atoms with E-state index < -0.39 is 0 Å². The minimum atomic E-state index is -0.0175. The van der Waals surface area contributed by atoms with Crippen LogP contribution in [-0.4, -0.2) is 9.67 Å². The molecule has 0 atom stereocenters. The number of aliphatic hydroxyl groups is 1. The van der Waals surface area contributed by atoms with Crippen LogP contribution in [0.2, 0.25) is 5.02 Å². The summed E-state index contributed by atoms with van der Waals surface area (Å²) in [5, 5.41) is 11.1. The second-order valence-electron chi connectivity index (χ2n) is 5.01. The molecule has 2 aromatic rings. The third-order valence-electron chi connectivity index (χ3n) is 2.74. The Labute approximate surface area is 100 Å². The van der Waals surface area contributed by atoms with Gasteiger partial charge in [0.15, 0.2) is 0 Å². The number of hydrogen-bond donors (Lipinski definition) is 1. The van der Waals surface area contributed by atoms with Gasteiger partial charge < -0.3 is 9.67 Å². The fourth-order valence-corrected chi connectivity index (χ4v) is 2.12. The normalized spacial score (nSPS) is 12.3. The molecule has 2 nitrogen and oxygen atoms in total. The van der Waals surface area contributed by atoms with Crippen LogP contribution in [0.5, 0.6) is 0 Å². The number of rotatable bonds is 1. The molecule has 3 heteroatoms. The Kier molecular flexibility index (Phi) is 2.72. The van der Waals surface area contributed by atoms with Crippen molar-refractivity contribution in [3.05, 3.63) is 35.0 Å². The average molecular weight is 238 g/mol. The maximum absolute atomic E-state index is 9.34. The van der Waals surface area contributed by atoms with Crippen molar-refractivity contribution in [3.63, 3.8) is 0 Å². The Hall–Kier alpha value is -0.990. The second-order valence-corrected chi connectivity index (χ2v) is 5.45. The Morgan fingerprint density at radius 1 is 1.31 bits per heavy atom. The van der Waals surface area contributed by atoms with Crippen molar-refractivity contribution in [2.24, 2.45) is 0 Å². The molecule has 16 heavy (non-hydrogen) atoms. The van der Waals surface area contributed by atoms with E-state index in [1.165, 1.54) is 0 Å². The summed E-state index contributed by atoms with van der Waals surface area (Å²) >= 11 is 6.02. The number of aromatic nitrogens is 1. The molecular formula is C13H16ClNO. The van der Waals surface area contributed by atoms with Crippen LogP contribution in [0.3, 0.4) is 0 Å². The topological polar surface area (TPSA) is 25.2 Å². The number of nitrogens with zero attached hydrogens (tertiary/aromatic N) is 1. The van der Waals surface area contributed by atoms with E-state index in [1.54, 1.807) is 0 Å². The van der Waals surface area contributed by atoms with Crippen molar-refractivity contribution in [3.8, 4) is 0 Å². The predicted octanol–water partition coefficient (Wildman–Crippen LogP) is 3.54. The molecule has 0 spiro atoms. The quantitative estimate of drug-likeness (QED) is 0.806. The highest BCUT2D eigenvalue weighted by atomic mass is 35.5. The van der Waals surface area contributed by atoms with Crippen molar-refractivity contribution in [1.82, 2.24) is 4.57 Å². The van der Waals surface area contributed by atoms with E-state index >= 15 is 0 Å². The van der Waals surface area contributed by atoms with E-state index in [1.807, 2.05) is 24.4 Å². The average Bonchev–Trinajstić information content (AvgIpc) is 2.54. The standard InChI is InChI=1S/C13H16ClNO/c1-13(2,3)15-7-9(8-16)11-5-4-10(14)6-12(11)15/h4-7,16H,8H2,1-3H3. The highest BCUT2D eigenvalue weighted by molar-refractivity contribution is 6.31. The number of halogens is 1. The summed E-state index contributed by atoms with van der Waals surface area (Å²) in [6.07, 6.45) is 2.00. The predicted molar refractivity (Wildman–Crippen MR) is 67.9 cm³/mol. The Balaban J connectivity index is 2.79. The van der Waals surface area contributed by atoms with Crippen molar-refractivity contribution < 1.29 is 5.11 Å². The highest BCUT2D eigenvalue weighted by Crippen LogP contribution is 2.29. The number of benzene rings is 1. The summed E-state index contributed by atoms with van der Waals surface area (Å²) in [5.74, 6) is 0. The molecule has 0 saturated heterocycles. The minimum absolute atomic E-state index is 0.0175. The lowest BCUT2D eigenvalue weighted by molar-refractivity contribution is 0.282. The van der Waals surface area contributed by atoms with Crippen LogP contribution in [0.15, 0.2) is 24.4 Å². The van der Waals surface area contributed by atoms with Gasteiger partial charge in [-0.3, -0.25) is 0 Å². The third-order valence-corrected chi connectivity index (χ3v) is 2.98. The van der Waals surface area contributed by atoms with E-state index in [4.69, 9.17) is 11.6 Å². The van der Waals surface area contributed by atoms with E-state index in [-0.39, 0.29) is 12.1 Å². The molecule has 0 amide bonds. The Morgan fingerprint density at radius 2 is 2.00 bits per heavy atom. The molecule has 86 valence electrons. The molecule has 0 aliphatic carbocycles. The van der Waals surface area contributed by atoms with Crippen molar-refractivity contribution in [2.75, 3.05) is 0 Å². The Morgan fingerprint density at radius 3 is 2.56 bits per heavy atom. The molecule has 0 radical (unpaired) electrons. The Bertz CT molecular complexity index is 522. The lowest BCUT2D eigenvalue weighted by Gasteiger charge is -2.22. The zero-order valence-electron chi connectivity index (χ0n) is 9.79. The van der Waals surface area contributed by atoms with E-state index in [0.717, 1.165) is 21.5 Å². The molecule has 0 aliphatic rings. The maximum atomic E-state index is 9.34. The summed E-state index contributed by atoms with van der Waals surface area (Å²) in [7, 11) is 0. The molecule has 2 rings (SSSR count). The van der Waals surface area contributed by atoms with Crippen LogP contribution in [0.25, 0.3) is 10.9 Å². The highest BCUT2D eigenvalue weighted by Gasteiger charge is 2.17. The van der Waals surface area contributed by atoms with Gasteiger partial charge in [-0.25, -0.2) is 0 Å². The maximum Gasteiger partial charge on any atom is 0.0702 e. The molecule has 0 saturated carbocycles. The fourth-order valence-electron chi connectivity index (χ4n) is 1.95. The molecule has 0 bridgehead atoms. The zero-order chi connectivity index (χ0) is 11.9. The first-order valence-electron chi connectivity index (χ1n) is 5.34. The van der Waals surface area contributed by atoms with Crippen LogP contribution < -0.4 is 0 Å². The van der Waals surface area contributed by atoms with Gasteiger partial charge in [0.25, 0.3) is 0 Å². The van der Waals surface area contributed by atoms with Gasteiger partial charge >= 0.3 is 0 Å². The first-order valence-corrected chi connectivity index (χ1v) is 5.72. The number of fused-ring (bicyclic) bond motifs is 1. The van der Waals surface area contributed by atoms with E-state index in [9.17, 15) is 5.11 Å². The third kappa shape index (κ3) is 1.83. The molecule has 1 aromatic heterocycles. The molecule has 1 heterocycles. The van der Waals surface area contributed by atoms with Crippen molar-refractivity contribution >= 4 is 22.5 Å². The second kappa shape index (κ2) is 3.79. The summed E-state index contributed by atoms with van der Waals surface area (Å²) < 4.78 is 2.15. The summed E-state index contributed by atoms with van der Waals surface area (Å²) in [4.78, 5) is 0. The van der Waals surface area contributed by atoms with Gasteiger partial charge in [-0.05, 0) is 32.9 Å². The van der Waals surface area contributed by atoms with Gasteiger partial charge in [0.1, 0.15) is 0 Å². The minimum Gasteiger partial charge on any atom is -0.392 e. The molecule has 0 unspecified atom stereocenters. The molecule has 1 N–H and O–H groups in total. The van der Waals surface area contributed by atoms with E-state index in [2.05, 4.69) is 25.3 Å². The van der Waals surface area contributed by atoms with Crippen LogP contribution >= 0.6 is 11.6 Å². The van der Waals surface area contributed by atoms with Crippen LogP contribution in [0.1, 0.15) is 26.3 Å². The summed E-state index contributed by atoms with van der Waals surface area (Å²) in [6.45, 7) is 6.46. The van der Waals surface area contributed by atoms with E-state index in [0.29, 0.717) is 0 Å². The van der Waals surface area contributed by atoms with Crippen molar-refractivity contribution in [2.45, 2.75) is 32.9 Å². The molecular weight excluding hydrogens is 222 g/mol. The lowest BCUT2D eigenvalue weighted by atomic mass is 10.1.